The van der Waals surface area contributed by atoms with Gasteiger partial charge in [0.1, 0.15) is 0 Å². The highest BCUT2D eigenvalue weighted by Gasteiger charge is 2.23. The largest absolute Gasteiger partial charge is 0.345 e. The van der Waals surface area contributed by atoms with Gasteiger partial charge in [-0.3, -0.25) is 9.10 Å². The van der Waals surface area contributed by atoms with Crippen molar-refractivity contribution >= 4 is 44.8 Å². The molecule has 33 heavy (non-hydrogen) atoms. The van der Waals surface area contributed by atoms with Gasteiger partial charge in [0.2, 0.25) is 10.0 Å². The van der Waals surface area contributed by atoms with E-state index >= 15 is 0 Å². The molecule has 1 amide bonds. The Hall–Kier alpha value is -2.54. The zero-order valence-electron chi connectivity index (χ0n) is 18.1. The highest BCUT2D eigenvalue weighted by atomic mass is 35.5. The molecule has 0 aromatic heterocycles. The summed E-state index contributed by atoms with van der Waals surface area (Å²) < 4.78 is 26.1. The summed E-state index contributed by atoms with van der Waals surface area (Å²) in [4.78, 5) is 12.9. The molecule has 0 saturated heterocycles. The van der Waals surface area contributed by atoms with Crippen LogP contribution in [-0.2, 0) is 23.0 Å². The van der Waals surface area contributed by atoms with Crippen molar-refractivity contribution in [3.63, 3.8) is 0 Å². The number of nitrogens with zero attached hydrogens (tertiary/aromatic N) is 1. The lowest BCUT2D eigenvalue weighted by Crippen LogP contribution is -2.31. The number of carbonyl (C=O) groups is 1. The molecule has 1 atom stereocenters. The SMILES string of the molecule is CS(=O)(=O)N(Cc1ccc(C(=O)NC2CCCc3ccccc32)cc1)c1cccc(Cl)c1Cl. The topological polar surface area (TPSA) is 66.5 Å². The van der Waals surface area contributed by atoms with Crippen LogP contribution in [0.15, 0.2) is 66.7 Å². The Morgan fingerprint density at radius 1 is 1.03 bits per heavy atom. The predicted octanol–water partition coefficient (Wildman–Crippen LogP) is 5.77. The molecule has 1 N–H and O–H groups in total. The molecule has 3 aromatic rings. The lowest BCUT2D eigenvalue weighted by atomic mass is 9.87. The third-order valence-corrected chi connectivity index (χ3v) is 7.75. The monoisotopic (exact) mass is 502 g/mol. The molecule has 0 fully saturated rings. The van der Waals surface area contributed by atoms with Gasteiger partial charge in [-0.05, 0) is 60.2 Å². The van der Waals surface area contributed by atoms with E-state index in [1.54, 1.807) is 42.5 Å². The molecule has 0 spiro atoms. The number of halogens is 2. The minimum atomic E-state index is -3.62. The Kier molecular flexibility index (Phi) is 6.98. The molecule has 8 heteroatoms. The van der Waals surface area contributed by atoms with Crippen LogP contribution < -0.4 is 9.62 Å². The number of benzene rings is 3. The average Bonchev–Trinajstić information content (AvgIpc) is 2.79. The standard InChI is InChI=1S/C25H24Cl2N2O3S/c1-33(31,32)29(23-11-5-9-21(26)24(23)27)16-17-12-14-19(15-13-17)25(30)28-22-10-4-7-18-6-2-3-8-20(18)22/h2-3,5-6,8-9,11-15,22H,4,7,10,16H2,1H3,(H,28,30). The van der Waals surface area contributed by atoms with Gasteiger partial charge in [0, 0.05) is 5.56 Å². The van der Waals surface area contributed by atoms with E-state index in [1.165, 1.54) is 15.4 Å². The first-order chi connectivity index (χ1) is 15.7. The van der Waals surface area contributed by atoms with Crippen molar-refractivity contribution in [2.45, 2.75) is 31.8 Å². The maximum absolute atomic E-state index is 12.9. The van der Waals surface area contributed by atoms with Crippen LogP contribution >= 0.6 is 23.2 Å². The van der Waals surface area contributed by atoms with Crippen molar-refractivity contribution in [1.29, 1.82) is 0 Å². The van der Waals surface area contributed by atoms with Crippen molar-refractivity contribution in [3.05, 3.63) is 99.0 Å². The summed E-state index contributed by atoms with van der Waals surface area (Å²) in [5.74, 6) is -0.152. The van der Waals surface area contributed by atoms with Gasteiger partial charge in [-0.15, -0.1) is 0 Å². The first-order valence-electron chi connectivity index (χ1n) is 10.6. The van der Waals surface area contributed by atoms with Crippen molar-refractivity contribution in [2.75, 3.05) is 10.6 Å². The van der Waals surface area contributed by atoms with Crippen molar-refractivity contribution in [1.82, 2.24) is 5.32 Å². The summed E-state index contributed by atoms with van der Waals surface area (Å²) in [6.07, 6.45) is 4.09. The fraction of sp³-hybridized carbons (Fsp3) is 0.240. The Labute approximate surface area is 204 Å². The summed E-state index contributed by atoms with van der Waals surface area (Å²) in [7, 11) is -3.62. The Morgan fingerprint density at radius 2 is 1.76 bits per heavy atom. The van der Waals surface area contributed by atoms with Gasteiger partial charge in [-0.2, -0.15) is 0 Å². The lowest BCUT2D eigenvalue weighted by molar-refractivity contribution is 0.0932. The molecule has 3 aromatic carbocycles. The average molecular weight is 503 g/mol. The number of rotatable bonds is 6. The molecule has 5 nitrogen and oxygen atoms in total. The van der Waals surface area contributed by atoms with E-state index in [0.717, 1.165) is 31.1 Å². The number of anilines is 1. The van der Waals surface area contributed by atoms with Crippen molar-refractivity contribution in [2.24, 2.45) is 0 Å². The van der Waals surface area contributed by atoms with Gasteiger partial charge >= 0.3 is 0 Å². The molecule has 0 bridgehead atoms. The van der Waals surface area contributed by atoms with Gasteiger partial charge in [-0.1, -0.05) is 65.7 Å². The van der Waals surface area contributed by atoms with Crippen LogP contribution in [0, 0.1) is 0 Å². The molecular weight excluding hydrogens is 479 g/mol. The van der Waals surface area contributed by atoms with Crippen LogP contribution in [0.4, 0.5) is 5.69 Å². The first-order valence-corrected chi connectivity index (χ1v) is 13.2. The van der Waals surface area contributed by atoms with Gasteiger partial charge in [0.15, 0.2) is 0 Å². The Morgan fingerprint density at radius 3 is 2.48 bits per heavy atom. The summed E-state index contributed by atoms with van der Waals surface area (Å²) in [6, 6.07) is 20.0. The number of fused-ring (bicyclic) bond motifs is 1. The molecule has 1 aliphatic carbocycles. The number of carbonyl (C=O) groups excluding carboxylic acids is 1. The zero-order valence-corrected chi connectivity index (χ0v) is 20.4. The Balaban J connectivity index is 1.51. The van der Waals surface area contributed by atoms with Crippen LogP contribution in [-0.4, -0.2) is 20.6 Å². The molecule has 4 rings (SSSR count). The van der Waals surface area contributed by atoms with Crippen LogP contribution in [0.25, 0.3) is 0 Å². The fourth-order valence-electron chi connectivity index (χ4n) is 4.14. The second kappa shape index (κ2) is 9.75. The van der Waals surface area contributed by atoms with Crippen LogP contribution in [0.5, 0.6) is 0 Å². The highest BCUT2D eigenvalue weighted by Crippen LogP contribution is 2.34. The molecule has 1 unspecified atom stereocenters. The summed E-state index contributed by atoms with van der Waals surface area (Å²) in [5.41, 5.74) is 4.01. The van der Waals surface area contributed by atoms with E-state index in [1.807, 2.05) is 12.1 Å². The minimum Gasteiger partial charge on any atom is -0.345 e. The van der Waals surface area contributed by atoms with E-state index in [9.17, 15) is 13.2 Å². The van der Waals surface area contributed by atoms with Crippen LogP contribution in [0.1, 0.15) is 45.9 Å². The van der Waals surface area contributed by atoms with E-state index in [0.29, 0.717) is 11.3 Å². The van der Waals surface area contributed by atoms with Gasteiger partial charge in [0.25, 0.3) is 5.91 Å². The number of sulfonamides is 1. The Bertz CT molecular complexity index is 1280. The number of aryl methyl sites for hydroxylation is 1. The number of amides is 1. The second-order valence-electron chi connectivity index (χ2n) is 8.16. The quantitative estimate of drug-likeness (QED) is 0.465. The highest BCUT2D eigenvalue weighted by molar-refractivity contribution is 7.92. The molecule has 0 heterocycles. The summed E-state index contributed by atoms with van der Waals surface area (Å²) in [6.45, 7) is 0.0663. The van der Waals surface area contributed by atoms with E-state index < -0.39 is 10.0 Å². The molecule has 172 valence electrons. The smallest absolute Gasteiger partial charge is 0.251 e. The van der Waals surface area contributed by atoms with Crippen LogP contribution in [0.2, 0.25) is 10.0 Å². The van der Waals surface area contributed by atoms with E-state index in [4.69, 9.17) is 23.2 Å². The maximum Gasteiger partial charge on any atom is 0.251 e. The molecular formula is C25H24Cl2N2O3S. The van der Waals surface area contributed by atoms with E-state index in [-0.39, 0.29) is 28.5 Å². The normalized spacial score (nSPS) is 15.5. The summed E-state index contributed by atoms with van der Waals surface area (Å²) >= 11 is 12.3. The third kappa shape index (κ3) is 5.35. The number of nitrogens with one attached hydrogen (secondary N) is 1. The molecule has 0 aliphatic heterocycles. The third-order valence-electron chi connectivity index (χ3n) is 5.82. The molecule has 0 saturated carbocycles. The fourth-order valence-corrected chi connectivity index (χ4v) is 5.48. The van der Waals surface area contributed by atoms with Gasteiger partial charge in [0.05, 0.1) is 34.6 Å². The summed E-state index contributed by atoms with van der Waals surface area (Å²) in [5, 5.41) is 3.59. The van der Waals surface area contributed by atoms with Crippen molar-refractivity contribution in [3.8, 4) is 0 Å². The maximum atomic E-state index is 12.9. The number of hydrogen-bond acceptors (Lipinski definition) is 3. The van der Waals surface area contributed by atoms with Crippen LogP contribution in [0.3, 0.4) is 0 Å². The zero-order chi connectivity index (χ0) is 23.6. The lowest BCUT2D eigenvalue weighted by Gasteiger charge is -2.26. The first kappa shape index (κ1) is 23.6. The molecule has 1 aliphatic rings. The van der Waals surface area contributed by atoms with Crippen molar-refractivity contribution < 1.29 is 13.2 Å². The van der Waals surface area contributed by atoms with Gasteiger partial charge in [-0.25, -0.2) is 8.42 Å². The van der Waals surface area contributed by atoms with Gasteiger partial charge < -0.3 is 5.32 Å². The van der Waals surface area contributed by atoms with E-state index in [2.05, 4.69) is 17.4 Å². The predicted molar refractivity (Wildman–Crippen MR) is 134 cm³/mol. The minimum absolute atomic E-state index is 0.00664. The number of hydrogen-bond donors (Lipinski definition) is 1. The molecule has 0 radical (unpaired) electrons. The second-order valence-corrected chi connectivity index (χ2v) is 10.8.